The highest BCUT2D eigenvalue weighted by atomic mass is 32.1. The number of hydrogen-bond donors (Lipinski definition) is 0. The molecule has 0 aliphatic carbocycles. The molecule has 0 aliphatic heterocycles. The first-order valence-corrected chi connectivity index (χ1v) is 18.8. The fourth-order valence-corrected chi connectivity index (χ4v) is 9.44. The maximum absolute atomic E-state index is 6.31. The summed E-state index contributed by atoms with van der Waals surface area (Å²) in [5, 5.41) is 9.95. The summed E-state index contributed by atoms with van der Waals surface area (Å²) in [6.45, 7) is 0. The fourth-order valence-electron chi connectivity index (χ4n) is 8.08. The van der Waals surface area contributed by atoms with Gasteiger partial charge in [-0.3, -0.25) is 0 Å². The average Bonchev–Trinajstić information content (AvgIpc) is 3.81. The van der Waals surface area contributed by atoms with Gasteiger partial charge < -0.3 is 9.32 Å². The van der Waals surface area contributed by atoms with E-state index in [1.165, 1.54) is 69.4 Å². The van der Waals surface area contributed by atoms with Crippen molar-refractivity contribution < 1.29 is 4.42 Å². The standard InChI is InChI=1S/C50H31NOS/c1-2-9-32(10-3-1)33-19-24-38(25-20-33)51(39-26-21-34(22-27-39)36-23-28-41-37(31-36)18-17-35-11-4-5-12-40(35)41)45-15-8-14-42-43-29-30-47-48(50(43)53-49(42)45)44-13-6-7-16-46(44)52-47/h1-31H. The second-order valence-corrected chi connectivity index (χ2v) is 14.7. The molecule has 11 rings (SSSR count). The number of benzene rings is 9. The zero-order chi connectivity index (χ0) is 34.9. The van der Waals surface area contributed by atoms with Gasteiger partial charge >= 0.3 is 0 Å². The summed E-state index contributed by atoms with van der Waals surface area (Å²) in [5.74, 6) is 0. The molecule has 0 unspecified atom stereocenters. The molecule has 0 saturated carbocycles. The van der Waals surface area contributed by atoms with Gasteiger partial charge in [0.05, 0.1) is 10.4 Å². The summed E-state index contributed by atoms with van der Waals surface area (Å²) in [6.07, 6.45) is 0. The number of nitrogens with zero attached hydrogens (tertiary/aromatic N) is 1. The van der Waals surface area contributed by atoms with Crippen molar-refractivity contribution in [2.75, 3.05) is 4.90 Å². The van der Waals surface area contributed by atoms with Crippen LogP contribution in [0.5, 0.6) is 0 Å². The van der Waals surface area contributed by atoms with Gasteiger partial charge in [-0.05, 0) is 98.4 Å². The molecule has 11 aromatic rings. The lowest BCUT2D eigenvalue weighted by Gasteiger charge is -2.26. The smallest absolute Gasteiger partial charge is 0.136 e. The van der Waals surface area contributed by atoms with Gasteiger partial charge in [-0.1, -0.05) is 133 Å². The highest BCUT2D eigenvalue weighted by molar-refractivity contribution is 7.27. The van der Waals surface area contributed by atoms with E-state index >= 15 is 0 Å². The lowest BCUT2D eigenvalue weighted by Crippen LogP contribution is -2.10. The minimum atomic E-state index is 0.924. The molecule has 9 aromatic carbocycles. The SMILES string of the molecule is c1ccc(-c2ccc(N(c3ccc(-c4ccc5c(ccc6ccccc65)c4)cc3)c3cccc4c3sc3c4ccc4oc5ccccc5c43)cc2)cc1. The molecule has 248 valence electrons. The molecule has 2 nitrogen and oxygen atoms in total. The second kappa shape index (κ2) is 11.9. The van der Waals surface area contributed by atoms with Crippen molar-refractivity contribution in [3.05, 3.63) is 188 Å². The summed E-state index contributed by atoms with van der Waals surface area (Å²) in [6, 6.07) is 67.9. The minimum Gasteiger partial charge on any atom is -0.456 e. The fraction of sp³-hybridized carbons (Fsp3) is 0. The van der Waals surface area contributed by atoms with Crippen molar-refractivity contribution in [3.63, 3.8) is 0 Å². The zero-order valence-corrected chi connectivity index (χ0v) is 29.5. The molecule has 0 aliphatic rings. The predicted molar refractivity (Wildman–Crippen MR) is 227 cm³/mol. The number of furan rings is 1. The topological polar surface area (TPSA) is 16.4 Å². The third kappa shape index (κ3) is 4.86. The Kier molecular flexibility index (Phi) is 6.76. The average molecular weight is 694 g/mol. The number of para-hydroxylation sites is 1. The van der Waals surface area contributed by atoms with Crippen LogP contribution < -0.4 is 4.90 Å². The number of rotatable bonds is 5. The summed E-state index contributed by atoms with van der Waals surface area (Å²) in [4.78, 5) is 2.41. The van der Waals surface area contributed by atoms with Crippen LogP contribution in [0.1, 0.15) is 0 Å². The summed E-state index contributed by atoms with van der Waals surface area (Å²) >= 11 is 1.86. The lowest BCUT2D eigenvalue weighted by molar-refractivity contribution is 0.669. The molecule has 2 heterocycles. The third-order valence-electron chi connectivity index (χ3n) is 10.7. The molecule has 3 heteroatoms. The van der Waals surface area contributed by atoms with Crippen LogP contribution in [0.2, 0.25) is 0 Å². The van der Waals surface area contributed by atoms with Gasteiger partial charge in [0.15, 0.2) is 0 Å². The lowest BCUT2D eigenvalue weighted by atomic mass is 9.97. The molecule has 0 amide bonds. The molecule has 53 heavy (non-hydrogen) atoms. The molecule has 0 fully saturated rings. The van der Waals surface area contributed by atoms with Gasteiger partial charge in [0.2, 0.25) is 0 Å². The predicted octanol–water partition coefficient (Wildman–Crippen LogP) is 15.1. The molecular formula is C50H31NOS. The van der Waals surface area contributed by atoms with E-state index in [0.29, 0.717) is 0 Å². The number of fused-ring (bicyclic) bond motifs is 10. The Morgan fingerprint density at radius 1 is 0.358 bits per heavy atom. The van der Waals surface area contributed by atoms with Crippen molar-refractivity contribution in [1.29, 1.82) is 0 Å². The van der Waals surface area contributed by atoms with E-state index in [2.05, 4.69) is 187 Å². The molecule has 0 bridgehead atoms. The van der Waals surface area contributed by atoms with Crippen LogP contribution >= 0.6 is 11.3 Å². The van der Waals surface area contributed by atoms with E-state index in [0.717, 1.165) is 33.6 Å². The summed E-state index contributed by atoms with van der Waals surface area (Å²) in [7, 11) is 0. The molecular weight excluding hydrogens is 663 g/mol. The van der Waals surface area contributed by atoms with Crippen LogP contribution in [0, 0.1) is 0 Å². The normalized spacial score (nSPS) is 11.8. The second-order valence-electron chi connectivity index (χ2n) is 13.7. The van der Waals surface area contributed by atoms with Crippen LogP contribution in [0.3, 0.4) is 0 Å². The maximum atomic E-state index is 6.31. The Bertz CT molecular complexity index is 3150. The van der Waals surface area contributed by atoms with Gasteiger partial charge in [-0.15, -0.1) is 11.3 Å². The molecule has 0 radical (unpaired) electrons. The van der Waals surface area contributed by atoms with Crippen LogP contribution in [-0.4, -0.2) is 0 Å². The van der Waals surface area contributed by atoms with E-state index in [1.54, 1.807) is 0 Å². The number of thiophene rings is 1. The summed E-state index contributed by atoms with van der Waals surface area (Å²) < 4.78 is 8.81. The largest absolute Gasteiger partial charge is 0.456 e. The molecule has 0 N–H and O–H groups in total. The molecule has 0 spiro atoms. The third-order valence-corrected chi connectivity index (χ3v) is 11.9. The Hall–Kier alpha value is -6.68. The Balaban J connectivity index is 1.07. The van der Waals surface area contributed by atoms with E-state index in [-0.39, 0.29) is 0 Å². The molecule has 0 saturated heterocycles. The number of anilines is 3. The Labute approximate surface area is 310 Å². The van der Waals surface area contributed by atoms with Crippen LogP contribution in [0.4, 0.5) is 17.1 Å². The van der Waals surface area contributed by atoms with Gasteiger partial charge in [0, 0.05) is 37.6 Å². The van der Waals surface area contributed by atoms with Crippen LogP contribution in [0.15, 0.2) is 192 Å². The molecule has 2 aromatic heterocycles. The quantitative estimate of drug-likeness (QED) is 0.167. The van der Waals surface area contributed by atoms with E-state index in [1.807, 2.05) is 17.4 Å². The maximum Gasteiger partial charge on any atom is 0.136 e. The van der Waals surface area contributed by atoms with Crippen LogP contribution in [0.25, 0.3) is 85.9 Å². The van der Waals surface area contributed by atoms with Crippen molar-refractivity contribution in [2.45, 2.75) is 0 Å². The first-order valence-electron chi connectivity index (χ1n) is 18.0. The Morgan fingerprint density at radius 2 is 0.943 bits per heavy atom. The number of hydrogen-bond acceptors (Lipinski definition) is 3. The Morgan fingerprint density at radius 3 is 1.75 bits per heavy atom. The monoisotopic (exact) mass is 693 g/mol. The highest BCUT2D eigenvalue weighted by Crippen LogP contribution is 2.48. The van der Waals surface area contributed by atoms with Crippen molar-refractivity contribution in [1.82, 2.24) is 0 Å². The first kappa shape index (κ1) is 30.0. The van der Waals surface area contributed by atoms with Gasteiger partial charge in [-0.25, -0.2) is 0 Å². The van der Waals surface area contributed by atoms with Crippen molar-refractivity contribution >= 4 is 92.1 Å². The van der Waals surface area contributed by atoms with Gasteiger partial charge in [0.1, 0.15) is 11.2 Å². The van der Waals surface area contributed by atoms with E-state index in [9.17, 15) is 0 Å². The van der Waals surface area contributed by atoms with Gasteiger partial charge in [-0.2, -0.15) is 0 Å². The van der Waals surface area contributed by atoms with Crippen molar-refractivity contribution in [3.8, 4) is 22.3 Å². The van der Waals surface area contributed by atoms with Gasteiger partial charge in [0.25, 0.3) is 0 Å². The van der Waals surface area contributed by atoms with E-state index in [4.69, 9.17) is 4.42 Å². The summed E-state index contributed by atoms with van der Waals surface area (Å²) in [5.41, 5.74) is 10.0. The highest BCUT2D eigenvalue weighted by Gasteiger charge is 2.21. The van der Waals surface area contributed by atoms with E-state index < -0.39 is 0 Å². The van der Waals surface area contributed by atoms with Crippen LogP contribution in [-0.2, 0) is 0 Å². The zero-order valence-electron chi connectivity index (χ0n) is 28.7. The van der Waals surface area contributed by atoms with Crippen molar-refractivity contribution in [2.24, 2.45) is 0 Å². The first-order chi connectivity index (χ1) is 26.3. The molecule has 0 atom stereocenters. The minimum absolute atomic E-state index is 0.924.